The largest absolute Gasteiger partial charge is 0.416 e. The molecule has 2 fully saturated rings. The Hall–Kier alpha value is -1.18. The first kappa shape index (κ1) is 16.7. The number of likely N-dealkylation sites (tertiary alicyclic amines) is 1. The summed E-state index contributed by atoms with van der Waals surface area (Å²) in [5.74, 6) is -0.759. The number of alkyl halides is 3. The summed E-state index contributed by atoms with van der Waals surface area (Å²) in [7, 11) is 0. The third kappa shape index (κ3) is 3.51. The molecule has 3 nitrogen and oxygen atoms in total. The Morgan fingerprint density at radius 3 is 2.78 bits per heavy atom. The number of rotatable bonds is 2. The molecule has 2 atom stereocenters. The molecule has 0 radical (unpaired) electrons. The van der Waals surface area contributed by atoms with Crippen LogP contribution in [0.15, 0.2) is 18.2 Å². The molecule has 2 unspecified atom stereocenters. The van der Waals surface area contributed by atoms with Gasteiger partial charge in [0.25, 0.3) is 0 Å². The molecule has 2 N–H and O–H groups in total. The van der Waals surface area contributed by atoms with Gasteiger partial charge in [0.1, 0.15) is 5.82 Å². The summed E-state index contributed by atoms with van der Waals surface area (Å²) < 4.78 is 51.7. The van der Waals surface area contributed by atoms with Crippen molar-refractivity contribution < 1.29 is 22.7 Å². The lowest BCUT2D eigenvalue weighted by atomic mass is 9.76. The van der Waals surface area contributed by atoms with Crippen LogP contribution in [0, 0.1) is 11.7 Å². The number of nitrogens with one attached hydrogen (secondary N) is 1. The Morgan fingerprint density at radius 2 is 2.09 bits per heavy atom. The summed E-state index contributed by atoms with van der Waals surface area (Å²) in [5, 5.41) is 13.8. The first-order valence-electron chi connectivity index (χ1n) is 7.79. The smallest absolute Gasteiger partial charge is 0.389 e. The SMILES string of the molecule is OC12CCNCC1CN(Cc1ccc(C(F)(F)F)cc1F)CC2. The maximum Gasteiger partial charge on any atom is 0.416 e. The summed E-state index contributed by atoms with van der Waals surface area (Å²) in [5.41, 5.74) is -1.38. The third-order valence-electron chi connectivity index (χ3n) is 5.00. The lowest BCUT2D eigenvalue weighted by Crippen LogP contribution is -2.58. The molecule has 2 aliphatic rings. The monoisotopic (exact) mass is 332 g/mol. The molecule has 0 amide bonds. The first-order valence-corrected chi connectivity index (χ1v) is 7.79. The zero-order chi connectivity index (χ0) is 16.7. The van der Waals surface area contributed by atoms with Crippen LogP contribution in [-0.2, 0) is 12.7 Å². The Kier molecular flexibility index (Phi) is 4.37. The van der Waals surface area contributed by atoms with Gasteiger partial charge >= 0.3 is 6.18 Å². The molecule has 7 heteroatoms. The van der Waals surface area contributed by atoms with Gasteiger partial charge in [0.2, 0.25) is 0 Å². The normalized spacial score (nSPS) is 29.3. The van der Waals surface area contributed by atoms with Crippen molar-refractivity contribution in [3.8, 4) is 0 Å². The van der Waals surface area contributed by atoms with Gasteiger partial charge in [0.05, 0.1) is 11.2 Å². The van der Waals surface area contributed by atoms with Crippen LogP contribution in [0.5, 0.6) is 0 Å². The maximum absolute atomic E-state index is 14.0. The third-order valence-corrected chi connectivity index (χ3v) is 5.00. The van der Waals surface area contributed by atoms with Gasteiger partial charge in [-0.1, -0.05) is 6.07 Å². The summed E-state index contributed by atoms with van der Waals surface area (Å²) in [6, 6.07) is 2.68. The zero-order valence-electron chi connectivity index (χ0n) is 12.7. The molecule has 2 aliphatic heterocycles. The minimum Gasteiger partial charge on any atom is -0.389 e. The molecule has 3 rings (SSSR count). The van der Waals surface area contributed by atoms with Crippen LogP contribution in [-0.4, -0.2) is 41.8 Å². The number of hydrogen-bond donors (Lipinski definition) is 2. The van der Waals surface area contributed by atoms with Gasteiger partial charge in [0.15, 0.2) is 0 Å². The van der Waals surface area contributed by atoms with Gasteiger partial charge in [-0.15, -0.1) is 0 Å². The second-order valence-corrected chi connectivity index (χ2v) is 6.54. The standard InChI is InChI=1S/C16H20F4N2O/c17-14-7-12(16(18,19)20)2-1-11(14)9-22-6-4-15(23)3-5-21-8-13(15)10-22/h1-2,7,13,21,23H,3-6,8-10H2. The van der Waals surface area contributed by atoms with Crippen LogP contribution in [0.4, 0.5) is 17.6 Å². The Labute approximate surface area is 132 Å². The van der Waals surface area contributed by atoms with Crippen LogP contribution in [0.25, 0.3) is 0 Å². The van der Waals surface area contributed by atoms with Crippen molar-refractivity contribution >= 4 is 0 Å². The predicted molar refractivity (Wildman–Crippen MR) is 77.2 cm³/mol. The highest BCUT2D eigenvalue weighted by Crippen LogP contribution is 2.34. The quantitative estimate of drug-likeness (QED) is 0.817. The van der Waals surface area contributed by atoms with E-state index in [0.717, 1.165) is 12.6 Å². The van der Waals surface area contributed by atoms with E-state index < -0.39 is 23.2 Å². The van der Waals surface area contributed by atoms with Crippen molar-refractivity contribution in [2.75, 3.05) is 26.2 Å². The molecule has 128 valence electrons. The summed E-state index contributed by atoms with van der Waals surface area (Å²) in [6.07, 6.45) is -3.21. The van der Waals surface area contributed by atoms with E-state index in [1.165, 1.54) is 6.07 Å². The highest BCUT2D eigenvalue weighted by molar-refractivity contribution is 5.26. The minimum atomic E-state index is -4.53. The van der Waals surface area contributed by atoms with E-state index in [0.29, 0.717) is 38.5 Å². The Bertz CT molecular complexity index is 578. The van der Waals surface area contributed by atoms with E-state index in [1.807, 2.05) is 4.90 Å². The van der Waals surface area contributed by atoms with Gasteiger partial charge in [-0.3, -0.25) is 4.90 Å². The molecular formula is C16H20F4N2O. The molecule has 23 heavy (non-hydrogen) atoms. The van der Waals surface area contributed by atoms with E-state index in [9.17, 15) is 22.7 Å². The molecule has 0 saturated carbocycles. The van der Waals surface area contributed by atoms with Crippen LogP contribution in [0.3, 0.4) is 0 Å². The molecule has 0 bridgehead atoms. The number of piperidine rings is 2. The van der Waals surface area contributed by atoms with Crippen molar-refractivity contribution in [1.29, 1.82) is 0 Å². The average Bonchev–Trinajstić information content (AvgIpc) is 2.48. The second kappa shape index (κ2) is 6.03. The molecular weight excluding hydrogens is 312 g/mol. The van der Waals surface area contributed by atoms with Crippen molar-refractivity contribution in [3.63, 3.8) is 0 Å². The zero-order valence-corrected chi connectivity index (χ0v) is 12.7. The number of benzene rings is 1. The van der Waals surface area contributed by atoms with Crippen LogP contribution < -0.4 is 5.32 Å². The molecule has 0 aromatic heterocycles. The maximum atomic E-state index is 14.0. The Balaban J connectivity index is 1.68. The van der Waals surface area contributed by atoms with E-state index in [-0.39, 0.29) is 18.0 Å². The number of hydrogen-bond acceptors (Lipinski definition) is 3. The fourth-order valence-electron chi connectivity index (χ4n) is 3.53. The summed E-state index contributed by atoms with van der Waals surface area (Å²) >= 11 is 0. The van der Waals surface area contributed by atoms with Crippen LogP contribution in [0.2, 0.25) is 0 Å². The predicted octanol–water partition coefficient (Wildman–Crippen LogP) is 2.39. The summed E-state index contributed by atoms with van der Waals surface area (Å²) in [6.45, 7) is 3.00. The molecule has 0 aliphatic carbocycles. The van der Waals surface area contributed by atoms with E-state index in [4.69, 9.17) is 0 Å². The fraction of sp³-hybridized carbons (Fsp3) is 0.625. The molecule has 0 spiro atoms. The average molecular weight is 332 g/mol. The van der Waals surface area contributed by atoms with E-state index in [1.54, 1.807) is 0 Å². The number of aliphatic hydroxyl groups is 1. The van der Waals surface area contributed by atoms with Crippen LogP contribution in [0.1, 0.15) is 24.0 Å². The lowest BCUT2D eigenvalue weighted by Gasteiger charge is -2.47. The number of nitrogens with zero attached hydrogens (tertiary/aromatic N) is 1. The molecule has 2 heterocycles. The second-order valence-electron chi connectivity index (χ2n) is 6.54. The van der Waals surface area contributed by atoms with Crippen LogP contribution >= 0.6 is 0 Å². The highest BCUT2D eigenvalue weighted by atomic mass is 19.4. The van der Waals surface area contributed by atoms with E-state index >= 15 is 0 Å². The minimum absolute atomic E-state index is 0.0718. The Morgan fingerprint density at radius 1 is 1.30 bits per heavy atom. The van der Waals surface area contributed by atoms with Crippen molar-refractivity contribution in [1.82, 2.24) is 10.2 Å². The van der Waals surface area contributed by atoms with Crippen molar-refractivity contribution in [3.05, 3.63) is 35.1 Å². The molecule has 2 saturated heterocycles. The molecule has 1 aromatic rings. The lowest BCUT2D eigenvalue weighted by molar-refractivity contribution is -0.137. The van der Waals surface area contributed by atoms with Gasteiger partial charge < -0.3 is 10.4 Å². The van der Waals surface area contributed by atoms with Gasteiger partial charge in [-0.05, 0) is 31.5 Å². The molecule has 1 aromatic carbocycles. The number of halogens is 4. The van der Waals surface area contributed by atoms with Gasteiger partial charge in [-0.2, -0.15) is 13.2 Å². The summed E-state index contributed by atoms with van der Waals surface area (Å²) in [4.78, 5) is 2.00. The fourth-order valence-corrected chi connectivity index (χ4v) is 3.53. The topological polar surface area (TPSA) is 35.5 Å². The van der Waals surface area contributed by atoms with Crippen molar-refractivity contribution in [2.24, 2.45) is 5.92 Å². The van der Waals surface area contributed by atoms with Crippen molar-refractivity contribution in [2.45, 2.75) is 31.2 Å². The van der Waals surface area contributed by atoms with Gasteiger partial charge in [0, 0.05) is 37.7 Å². The number of fused-ring (bicyclic) bond motifs is 1. The van der Waals surface area contributed by atoms with E-state index in [2.05, 4.69) is 5.32 Å². The highest BCUT2D eigenvalue weighted by Gasteiger charge is 2.42. The first-order chi connectivity index (χ1) is 10.8. The van der Waals surface area contributed by atoms with Gasteiger partial charge in [-0.25, -0.2) is 4.39 Å².